The van der Waals surface area contributed by atoms with Crippen molar-refractivity contribution in [3.05, 3.63) is 99.6 Å². The van der Waals surface area contributed by atoms with Crippen LogP contribution in [0.4, 0.5) is 5.69 Å². The average molecular weight is 561 g/mol. The maximum absolute atomic E-state index is 13.4. The molecule has 0 aromatic heterocycles. The lowest BCUT2D eigenvalue weighted by Gasteiger charge is -2.26. The number of carbonyl (C=O) groups excluding carboxylic acids is 1. The summed E-state index contributed by atoms with van der Waals surface area (Å²) in [6.07, 6.45) is 0. The van der Waals surface area contributed by atoms with Crippen molar-refractivity contribution in [1.29, 1.82) is 0 Å². The van der Waals surface area contributed by atoms with Crippen LogP contribution in [0.25, 0.3) is 5.70 Å². The molecule has 3 aromatic rings. The van der Waals surface area contributed by atoms with Gasteiger partial charge in [-0.05, 0) is 77.9 Å². The average Bonchev–Trinajstić information content (AvgIpc) is 2.77. The van der Waals surface area contributed by atoms with Crippen molar-refractivity contribution >= 4 is 49.9 Å². The number of rotatable bonds is 8. The van der Waals surface area contributed by atoms with Gasteiger partial charge in [0.1, 0.15) is 6.54 Å². The van der Waals surface area contributed by atoms with Crippen molar-refractivity contribution in [2.75, 3.05) is 10.8 Å². The first-order valence-corrected chi connectivity index (χ1v) is 12.3. The van der Waals surface area contributed by atoms with Crippen LogP contribution in [0.5, 0.6) is 0 Å². The Bertz CT molecular complexity index is 1240. The molecule has 1 amide bonds. The minimum atomic E-state index is -3.96. The smallest absolute Gasteiger partial charge is 0.264 e. The second-order valence-corrected chi connectivity index (χ2v) is 10.4. The molecule has 0 aliphatic rings. The number of benzene rings is 3. The molecule has 0 unspecified atom stereocenters. The number of carbonyl (C=O) groups is 1. The number of hydrogen-bond acceptors (Lipinski definition) is 4. The molecule has 0 saturated carbocycles. The van der Waals surface area contributed by atoms with Crippen molar-refractivity contribution in [2.24, 2.45) is 0 Å². The van der Waals surface area contributed by atoms with Gasteiger partial charge in [-0.1, -0.05) is 54.6 Å². The van der Waals surface area contributed by atoms with E-state index in [4.69, 9.17) is 0 Å². The van der Waals surface area contributed by atoms with E-state index in [0.717, 1.165) is 24.6 Å². The van der Waals surface area contributed by atoms with Gasteiger partial charge in [-0.2, -0.15) is 0 Å². The number of hydrazine groups is 1. The summed E-state index contributed by atoms with van der Waals surface area (Å²) >= 11 is 2.19. The van der Waals surface area contributed by atoms with Gasteiger partial charge in [0.25, 0.3) is 15.9 Å². The molecular formula is C24H24IN3O3S. The number of nitrogens with one attached hydrogen (secondary N) is 2. The quantitative estimate of drug-likeness (QED) is 0.316. The molecule has 0 atom stereocenters. The van der Waals surface area contributed by atoms with Crippen LogP contribution in [0.3, 0.4) is 0 Å². The predicted octanol–water partition coefficient (Wildman–Crippen LogP) is 4.40. The molecule has 0 saturated heterocycles. The number of aryl methyl sites for hydroxylation is 2. The fourth-order valence-electron chi connectivity index (χ4n) is 3.17. The third kappa shape index (κ3) is 5.68. The Morgan fingerprint density at radius 3 is 2.34 bits per heavy atom. The van der Waals surface area contributed by atoms with Gasteiger partial charge < -0.3 is 0 Å². The fraction of sp³-hybridized carbons (Fsp3) is 0.125. The normalized spacial score (nSPS) is 11.0. The van der Waals surface area contributed by atoms with E-state index in [2.05, 4.69) is 40.0 Å². The maximum atomic E-state index is 13.4. The lowest BCUT2D eigenvalue weighted by molar-refractivity contribution is -0.120. The van der Waals surface area contributed by atoms with Crippen LogP contribution in [0.2, 0.25) is 0 Å². The summed E-state index contributed by atoms with van der Waals surface area (Å²) in [7, 11) is -3.96. The number of nitrogens with zero attached hydrogens (tertiary/aromatic N) is 1. The Kier molecular flexibility index (Phi) is 7.57. The Balaban J connectivity index is 1.84. The number of halogens is 1. The molecule has 3 rings (SSSR count). The van der Waals surface area contributed by atoms with Gasteiger partial charge in [0, 0.05) is 3.57 Å². The molecule has 0 fully saturated rings. The lowest BCUT2D eigenvalue weighted by atomic mass is 10.1. The highest BCUT2D eigenvalue weighted by Crippen LogP contribution is 2.27. The third-order valence-corrected chi connectivity index (χ3v) is 7.21. The zero-order chi connectivity index (χ0) is 23.3. The molecule has 3 aromatic carbocycles. The minimum Gasteiger partial charge on any atom is -0.299 e. The van der Waals surface area contributed by atoms with E-state index < -0.39 is 22.5 Å². The van der Waals surface area contributed by atoms with Gasteiger partial charge in [0.2, 0.25) is 0 Å². The fourth-order valence-corrected chi connectivity index (χ4v) is 5.22. The molecule has 8 heteroatoms. The lowest BCUT2D eigenvalue weighted by Crippen LogP contribution is -2.45. The highest BCUT2D eigenvalue weighted by atomic mass is 127. The summed E-state index contributed by atoms with van der Waals surface area (Å²) in [6, 6.07) is 21.1. The zero-order valence-corrected chi connectivity index (χ0v) is 20.8. The monoisotopic (exact) mass is 561 g/mol. The third-order valence-electron chi connectivity index (χ3n) is 4.77. The first-order chi connectivity index (χ1) is 15.2. The first-order valence-electron chi connectivity index (χ1n) is 9.83. The number of sulfonamides is 1. The number of hydrogen-bond donors (Lipinski definition) is 2. The first kappa shape index (κ1) is 23.8. The van der Waals surface area contributed by atoms with E-state index in [0.29, 0.717) is 11.4 Å². The van der Waals surface area contributed by atoms with Gasteiger partial charge in [0.05, 0.1) is 16.3 Å². The van der Waals surface area contributed by atoms with E-state index in [1.54, 1.807) is 24.3 Å². The van der Waals surface area contributed by atoms with E-state index in [9.17, 15) is 13.2 Å². The summed E-state index contributed by atoms with van der Waals surface area (Å²) in [5, 5.41) is 0. The Labute approximate surface area is 202 Å². The Morgan fingerprint density at radius 2 is 1.69 bits per heavy atom. The molecule has 0 aliphatic heterocycles. The van der Waals surface area contributed by atoms with Gasteiger partial charge in [-0.3, -0.25) is 20.0 Å². The van der Waals surface area contributed by atoms with Crippen molar-refractivity contribution in [1.82, 2.24) is 10.9 Å². The largest absolute Gasteiger partial charge is 0.299 e. The summed E-state index contributed by atoms with van der Waals surface area (Å²) in [6.45, 7) is 7.29. The van der Waals surface area contributed by atoms with Crippen molar-refractivity contribution in [3.63, 3.8) is 0 Å². The summed E-state index contributed by atoms with van der Waals surface area (Å²) in [5.41, 5.74) is 8.87. The van der Waals surface area contributed by atoms with E-state index in [1.807, 2.05) is 50.2 Å². The van der Waals surface area contributed by atoms with Gasteiger partial charge in [-0.25, -0.2) is 8.42 Å². The number of anilines is 1. The highest BCUT2D eigenvalue weighted by molar-refractivity contribution is 14.1. The molecule has 0 heterocycles. The highest BCUT2D eigenvalue weighted by Gasteiger charge is 2.28. The summed E-state index contributed by atoms with van der Waals surface area (Å²) < 4.78 is 29.0. The number of amides is 1. The van der Waals surface area contributed by atoms with E-state index in [1.165, 1.54) is 12.1 Å². The molecule has 0 aliphatic carbocycles. The molecule has 2 N–H and O–H groups in total. The van der Waals surface area contributed by atoms with Crippen LogP contribution in [0, 0.1) is 17.4 Å². The predicted molar refractivity (Wildman–Crippen MR) is 136 cm³/mol. The molecule has 0 bridgehead atoms. The van der Waals surface area contributed by atoms with Crippen molar-refractivity contribution < 1.29 is 13.2 Å². The molecule has 6 nitrogen and oxygen atoms in total. The van der Waals surface area contributed by atoms with Crippen LogP contribution < -0.4 is 15.2 Å². The molecular weight excluding hydrogens is 537 g/mol. The van der Waals surface area contributed by atoms with E-state index >= 15 is 0 Å². The van der Waals surface area contributed by atoms with Crippen molar-refractivity contribution in [2.45, 2.75) is 18.7 Å². The van der Waals surface area contributed by atoms with Crippen LogP contribution in [-0.4, -0.2) is 20.9 Å². The maximum Gasteiger partial charge on any atom is 0.264 e. The van der Waals surface area contributed by atoms with Crippen molar-refractivity contribution in [3.8, 4) is 0 Å². The van der Waals surface area contributed by atoms with Crippen LogP contribution in [0.15, 0.2) is 84.3 Å². The van der Waals surface area contributed by atoms with Crippen LogP contribution >= 0.6 is 22.6 Å². The molecule has 0 radical (unpaired) electrons. The van der Waals surface area contributed by atoms with Gasteiger partial charge in [-0.15, -0.1) is 0 Å². The SMILES string of the molecule is C=C(NNC(=O)CN(c1ccc(C)cc1C)S(=O)(=O)c1ccccc1)c1cccc(I)c1. The van der Waals surface area contributed by atoms with Gasteiger partial charge in [0.15, 0.2) is 0 Å². The van der Waals surface area contributed by atoms with Crippen LogP contribution in [0.1, 0.15) is 16.7 Å². The molecule has 0 spiro atoms. The van der Waals surface area contributed by atoms with E-state index in [-0.39, 0.29) is 4.90 Å². The van der Waals surface area contributed by atoms with Crippen LogP contribution in [-0.2, 0) is 14.8 Å². The topological polar surface area (TPSA) is 78.5 Å². The molecule has 166 valence electrons. The second-order valence-electron chi connectivity index (χ2n) is 7.28. The standard InChI is InChI=1S/C24H24IN3O3S/c1-17-12-13-23(18(2)14-17)28(32(30,31)22-10-5-4-6-11-22)16-24(29)27-26-19(3)20-8-7-9-21(25)15-20/h4-15,26H,3,16H2,1-2H3,(H,27,29). The Hall–Kier alpha value is -2.85. The molecule has 32 heavy (non-hydrogen) atoms. The Morgan fingerprint density at radius 1 is 0.969 bits per heavy atom. The minimum absolute atomic E-state index is 0.115. The summed E-state index contributed by atoms with van der Waals surface area (Å²) in [5.74, 6) is -0.517. The second kappa shape index (κ2) is 10.2. The summed E-state index contributed by atoms with van der Waals surface area (Å²) in [4.78, 5) is 12.9. The zero-order valence-electron chi connectivity index (χ0n) is 17.8. The van der Waals surface area contributed by atoms with Gasteiger partial charge >= 0.3 is 0 Å².